The molecule has 1 aromatic rings. The maximum atomic E-state index is 13.4. The molecule has 1 heterocycles. The van der Waals surface area contributed by atoms with Crippen molar-refractivity contribution in [2.45, 2.75) is 12.5 Å². The maximum absolute atomic E-state index is 13.4. The highest BCUT2D eigenvalue weighted by Crippen LogP contribution is 2.15. The molecule has 0 saturated carbocycles. The van der Waals surface area contributed by atoms with Crippen molar-refractivity contribution in [3.63, 3.8) is 0 Å². The minimum atomic E-state index is -0.873. The van der Waals surface area contributed by atoms with E-state index >= 15 is 0 Å². The fourth-order valence-corrected chi connectivity index (χ4v) is 1.70. The zero-order chi connectivity index (χ0) is 12.1. The van der Waals surface area contributed by atoms with Gasteiger partial charge in [-0.2, -0.15) is 0 Å². The number of aliphatic hydroxyl groups is 1. The van der Waals surface area contributed by atoms with Crippen molar-refractivity contribution < 1.29 is 9.50 Å². The van der Waals surface area contributed by atoms with Crippen molar-refractivity contribution in [1.82, 2.24) is 10.6 Å². The summed E-state index contributed by atoms with van der Waals surface area (Å²) in [5, 5.41) is 15.9. The second-order valence-corrected chi connectivity index (χ2v) is 3.93. The summed E-state index contributed by atoms with van der Waals surface area (Å²) in [6, 6.07) is 6.23. The van der Waals surface area contributed by atoms with Gasteiger partial charge in [0.15, 0.2) is 5.96 Å². The van der Waals surface area contributed by atoms with Gasteiger partial charge in [0, 0.05) is 25.2 Å². The topological polar surface area (TPSA) is 56.6 Å². The summed E-state index contributed by atoms with van der Waals surface area (Å²) in [6.07, 6.45) is 0.142. The van der Waals surface area contributed by atoms with Crippen LogP contribution in [0.5, 0.6) is 0 Å². The van der Waals surface area contributed by atoms with Crippen LogP contribution < -0.4 is 10.6 Å². The Hall–Kier alpha value is -1.62. The highest BCUT2D eigenvalue weighted by molar-refractivity contribution is 5.80. The standard InChI is InChI=1S/C12H16FN3O/c13-10-5-2-1-4-9(10)11(17)8-16-12-14-6-3-7-15-12/h1-2,4-5,11,17H,3,6-8H2,(H2,14,15,16). The van der Waals surface area contributed by atoms with Crippen LogP contribution in [0.15, 0.2) is 29.3 Å². The molecular formula is C12H16FN3O. The van der Waals surface area contributed by atoms with E-state index in [0.29, 0.717) is 11.5 Å². The fraction of sp³-hybridized carbons (Fsp3) is 0.417. The van der Waals surface area contributed by atoms with E-state index in [1.807, 2.05) is 0 Å². The van der Waals surface area contributed by atoms with Gasteiger partial charge in [-0.05, 0) is 12.5 Å². The molecule has 0 aliphatic carbocycles. The van der Waals surface area contributed by atoms with Gasteiger partial charge in [-0.15, -0.1) is 0 Å². The number of nitrogens with one attached hydrogen (secondary N) is 2. The molecule has 1 unspecified atom stereocenters. The van der Waals surface area contributed by atoms with Crippen LogP contribution in [-0.4, -0.2) is 30.7 Å². The molecule has 1 aromatic carbocycles. The van der Waals surface area contributed by atoms with Crippen molar-refractivity contribution in [1.29, 1.82) is 0 Å². The molecule has 1 atom stereocenters. The van der Waals surface area contributed by atoms with Crippen molar-refractivity contribution in [3.8, 4) is 0 Å². The molecule has 1 aliphatic rings. The number of guanidine groups is 1. The van der Waals surface area contributed by atoms with Gasteiger partial charge in [0.1, 0.15) is 5.82 Å². The molecule has 0 saturated heterocycles. The summed E-state index contributed by atoms with van der Waals surface area (Å²) < 4.78 is 13.4. The molecule has 17 heavy (non-hydrogen) atoms. The molecule has 0 spiro atoms. The summed E-state index contributed by atoms with van der Waals surface area (Å²) in [6.45, 7) is 1.90. The summed E-state index contributed by atoms with van der Waals surface area (Å²) in [5.74, 6) is 0.284. The molecule has 0 radical (unpaired) electrons. The van der Waals surface area contributed by atoms with Crippen LogP contribution in [0.4, 0.5) is 4.39 Å². The molecular weight excluding hydrogens is 221 g/mol. The zero-order valence-electron chi connectivity index (χ0n) is 9.49. The number of aliphatic imine (C=N–C) groups is 1. The lowest BCUT2D eigenvalue weighted by Crippen LogP contribution is -2.42. The van der Waals surface area contributed by atoms with Crippen molar-refractivity contribution in [3.05, 3.63) is 35.6 Å². The van der Waals surface area contributed by atoms with E-state index in [4.69, 9.17) is 0 Å². The van der Waals surface area contributed by atoms with Crippen LogP contribution in [0.3, 0.4) is 0 Å². The highest BCUT2D eigenvalue weighted by Gasteiger charge is 2.13. The molecule has 5 heteroatoms. The number of benzene rings is 1. The summed E-state index contributed by atoms with van der Waals surface area (Å²) in [5.41, 5.74) is 0.302. The van der Waals surface area contributed by atoms with Gasteiger partial charge < -0.3 is 15.7 Å². The first-order chi connectivity index (χ1) is 8.27. The number of hydrogen-bond acceptors (Lipinski definition) is 4. The third-order valence-electron chi connectivity index (χ3n) is 2.62. The highest BCUT2D eigenvalue weighted by atomic mass is 19.1. The van der Waals surface area contributed by atoms with E-state index in [1.165, 1.54) is 6.07 Å². The van der Waals surface area contributed by atoms with Gasteiger partial charge in [0.05, 0.1) is 6.10 Å². The van der Waals surface area contributed by atoms with E-state index in [0.717, 1.165) is 19.5 Å². The van der Waals surface area contributed by atoms with E-state index < -0.39 is 6.10 Å². The second kappa shape index (κ2) is 5.63. The monoisotopic (exact) mass is 237 g/mol. The van der Waals surface area contributed by atoms with Gasteiger partial charge in [0.25, 0.3) is 0 Å². The lowest BCUT2D eigenvalue weighted by Gasteiger charge is -2.18. The van der Waals surface area contributed by atoms with Crippen LogP contribution in [0, 0.1) is 5.82 Å². The quantitative estimate of drug-likeness (QED) is 0.728. The second-order valence-electron chi connectivity index (χ2n) is 3.93. The number of aliphatic hydroxyl groups excluding tert-OH is 1. The number of rotatable bonds is 3. The lowest BCUT2D eigenvalue weighted by molar-refractivity contribution is 0.176. The molecule has 3 N–H and O–H groups in total. The third-order valence-corrected chi connectivity index (χ3v) is 2.62. The molecule has 4 nitrogen and oxygen atoms in total. The van der Waals surface area contributed by atoms with Crippen LogP contribution in [0.25, 0.3) is 0 Å². The average Bonchev–Trinajstić information content (AvgIpc) is 2.38. The van der Waals surface area contributed by atoms with Crippen molar-refractivity contribution >= 4 is 5.96 Å². The van der Waals surface area contributed by atoms with Crippen LogP contribution in [0.1, 0.15) is 18.1 Å². The average molecular weight is 237 g/mol. The predicted octanol–water partition coefficient (Wildman–Crippen LogP) is 0.798. The van der Waals surface area contributed by atoms with E-state index in [9.17, 15) is 9.50 Å². The summed E-state index contributed by atoms with van der Waals surface area (Å²) in [4.78, 5) is 4.21. The Morgan fingerprint density at radius 2 is 2.29 bits per heavy atom. The van der Waals surface area contributed by atoms with Crippen LogP contribution in [-0.2, 0) is 0 Å². The Balaban J connectivity index is 1.91. The van der Waals surface area contributed by atoms with Gasteiger partial charge in [0.2, 0.25) is 0 Å². The minimum Gasteiger partial charge on any atom is -0.386 e. The molecule has 2 rings (SSSR count). The normalized spacial score (nSPS) is 16.9. The van der Waals surface area contributed by atoms with Gasteiger partial charge in [-0.25, -0.2) is 4.39 Å². The van der Waals surface area contributed by atoms with Gasteiger partial charge in [-0.1, -0.05) is 18.2 Å². The number of halogens is 1. The van der Waals surface area contributed by atoms with E-state index in [2.05, 4.69) is 15.6 Å². The molecule has 0 bridgehead atoms. The Labute approximate surface area is 99.6 Å². The summed E-state index contributed by atoms with van der Waals surface area (Å²) in [7, 11) is 0. The van der Waals surface area contributed by atoms with E-state index in [-0.39, 0.29) is 12.4 Å². The van der Waals surface area contributed by atoms with Gasteiger partial charge >= 0.3 is 0 Å². The first-order valence-corrected chi connectivity index (χ1v) is 5.72. The third kappa shape index (κ3) is 3.17. The van der Waals surface area contributed by atoms with Crippen LogP contribution in [0.2, 0.25) is 0 Å². The van der Waals surface area contributed by atoms with E-state index in [1.54, 1.807) is 18.2 Å². The maximum Gasteiger partial charge on any atom is 0.191 e. The molecule has 0 aromatic heterocycles. The summed E-state index contributed by atoms with van der Waals surface area (Å²) >= 11 is 0. The SMILES string of the molecule is OC(CNC1=NCCCN1)c1ccccc1F. The molecule has 0 amide bonds. The smallest absolute Gasteiger partial charge is 0.191 e. The number of nitrogens with zero attached hydrogens (tertiary/aromatic N) is 1. The Bertz CT molecular complexity index is 408. The molecule has 1 aliphatic heterocycles. The van der Waals surface area contributed by atoms with Crippen molar-refractivity contribution in [2.24, 2.45) is 4.99 Å². The Morgan fingerprint density at radius 3 is 3.00 bits per heavy atom. The Kier molecular flexibility index (Phi) is 3.93. The fourth-order valence-electron chi connectivity index (χ4n) is 1.70. The largest absolute Gasteiger partial charge is 0.386 e. The zero-order valence-corrected chi connectivity index (χ0v) is 9.49. The van der Waals surface area contributed by atoms with Gasteiger partial charge in [-0.3, -0.25) is 4.99 Å². The Morgan fingerprint density at radius 1 is 1.47 bits per heavy atom. The first-order valence-electron chi connectivity index (χ1n) is 5.72. The van der Waals surface area contributed by atoms with Crippen LogP contribution >= 0.6 is 0 Å². The molecule has 0 fully saturated rings. The lowest BCUT2D eigenvalue weighted by atomic mass is 10.1. The molecule has 92 valence electrons. The van der Waals surface area contributed by atoms with Crippen molar-refractivity contribution in [2.75, 3.05) is 19.6 Å². The first kappa shape index (κ1) is 11.9. The minimum absolute atomic E-state index is 0.243. The predicted molar refractivity (Wildman–Crippen MR) is 64.3 cm³/mol. The number of hydrogen-bond donors (Lipinski definition) is 3.